The number of fused-ring (bicyclic) bond motifs is 2. The topological polar surface area (TPSA) is 129 Å². The number of rotatable bonds is 5. The maximum atomic E-state index is 13.6. The summed E-state index contributed by atoms with van der Waals surface area (Å²) in [7, 11) is 1.86. The quantitative estimate of drug-likeness (QED) is 0.282. The minimum atomic E-state index is -0.732. The molecule has 0 spiro atoms. The van der Waals surface area contributed by atoms with Crippen molar-refractivity contribution in [2.45, 2.75) is 26.9 Å². The van der Waals surface area contributed by atoms with Gasteiger partial charge in [-0.2, -0.15) is 5.10 Å². The summed E-state index contributed by atoms with van der Waals surface area (Å²) in [5, 5.41) is 9.72. The molecule has 39 heavy (non-hydrogen) atoms. The third-order valence-corrected chi connectivity index (χ3v) is 6.71. The van der Waals surface area contributed by atoms with Gasteiger partial charge in [-0.25, -0.2) is 9.78 Å². The van der Waals surface area contributed by atoms with Gasteiger partial charge in [-0.15, -0.1) is 0 Å². The number of hydrogen-bond donors (Lipinski definition) is 1. The van der Waals surface area contributed by atoms with Gasteiger partial charge < -0.3 is 9.15 Å². The molecule has 10 nitrogen and oxygen atoms in total. The van der Waals surface area contributed by atoms with E-state index in [0.717, 1.165) is 22.0 Å². The Morgan fingerprint density at radius 3 is 2.69 bits per heavy atom. The zero-order valence-corrected chi connectivity index (χ0v) is 22.2. The smallest absolute Gasteiger partial charge is 0.439 e. The highest BCUT2D eigenvalue weighted by Gasteiger charge is 2.22. The second-order valence-electron chi connectivity index (χ2n) is 9.38. The molecular formula is C28H22ClN5O5. The van der Waals surface area contributed by atoms with E-state index in [1.54, 1.807) is 23.7 Å². The van der Waals surface area contributed by atoms with Crippen molar-refractivity contribution in [3.05, 3.63) is 91.3 Å². The molecule has 6 aromatic rings. The maximum Gasteiger partial charge on any atom is 0.439 e. The fourth-order valence-corrected chi connectivity index (χ4v) is 4.86. The molecule has 0 amide bonds. The minimum absolute atomic E-state index is 0.0778. The lowest BCUT2D eigenvalue weighted by atomic mass is 9.99. The van der Waals surface area contributed by atoms with E-state index < -0.39 is 11.9 Å². The van der Waals surface area contributed by atoms with Crippen molar-refractivity contribution in [2.75, 3.05) is 0 Å². The van der Waals surface area contributed by atoms with E-state index in [2.05, 4.69) is 24.7 Å². The Labute approximate surface area is 225 Å². The summed E-state index contributed by atoms with van der Waals surface area (Å²) < 4.78 is 19.1. The number of benzene rings is 2. The highest BCUT2D eigenvalue weighted by Crippen LogP contribution is 2.35. The number of H-pyrrole nitrogens is 1. The normalized spacial score (nSPS) is 12.3. The number of pyridine rings is 1. The van der Waals surface area contributed by atoms with E-state index in [4.69, 9.17) is 20.8 Å². The Morgan fingerprint density at radius 1 is 1.10 bits per heavy atom. The fraction of sp³-hybridized carbons (Fsp3) is 0.179. The first-order valence-corrected chi connectivity index (χ1v) is 12.5. The van der Waals surface area contributed by atoms with Gasteiger partial charge in [0.1, 0.15) is 28.3 Å². The summed E-state index contributed by atoms with van der Waals surface area (Å²) in [6, 6.07) is 12.7. The van der Waals surface area contributed by atoms with Crippen LogP contribution in [0.5, 0.6) is 5.75 Å². The highest BCUT2D eigenvalue weighted by molar-refractivity contribution is 6.29. The largest absolute Gasteiger partial charge is 0.483 e. The summed E-state index contributed by atoms with van der Waals surface area (Å²) in [5.74, 6) is 0.131. The molecule has 0 aliphatic rings. The first-order chi connectivity index (χ1) is 18.7. The van der Waals surface area contributed by atoms with E-state index in [1.165, 1.54) is 0 Å². The van der Waals surface area contributed by atoms with Crippen LogP contribution in [0.2, 0.25) is 5.15 Å². The Morgan fingerprint density at radius 2 is 1.92 bits per heavy atom. The molecule has 0 bridgehead atoms. The molecule has 0 aliphatic heterocycles. The first-order valence-electron chi connectivity index (χ1n) is 12.1. The average Bonchev–Trinajstić information content (AvgIpc) is 3.50. The van der Waals surface area contributed by atoms with E-state index in [0.29, 0.717) is 33.6 Å². The van der Waals surface area contributed by atoms with E-state index in [-0.39, 0.29) is 22.1 Å². The van der Waals surface area contributed by atoms with Crippen molar-refractivity contribution in [2.24, 2.45) is 7.05 Å². The number of ether oxygens (including phenoxy) is 1. The van der Waals surface area contributed by atoms with Gasteiger partial charge in [0.25, 0.3) is 0 Å². The third kappa shape index (κ3) is 4.38. The molecule has 0 unspecified atom stereocenters. The van der Waals surface area contributed by atoms with Gasteiger partial charge in [0, 0.05) is 35.3 Å². The minimum Gasteiger partial charge on any atom is -0.483 e. The van der Waals surface area contributed by atoms with Crippen molar-refractivity contribution in [3.8, 4) is 28.6 Å². The fourth-order valence-electron chi connectivity index (χ4n) is 4.71. The van der Waals surface area contributed by atoms with Crippen LogP contribution in [0.15, 0.2) is 67.2 Å². The number of nitrogens with zero attached hydrogens (tertiary/aromatic N) is 4. The SMILES string of the molecule is Cc1cc([C@@H](C)Oc2ccc(Cl)nc2-c2noc(=O)[nH]2)c2oc(-c3ccc4nn(C)cc4c3)c(C)c(=O)c2c1. The number of aromatic nitrogens is 5. The molecule has 1 atom stereocenters. The third-order valence-electron chi connectivity index (χ3n) is 6.50. The van der Waals surface area contributed by atoms with Crippen LogP contribution in [0.25, 0.3) is 44.7 Å². The van der Waals surface area contributed by atoms with Crippen molar-refractivity contribution >= 4 is 33.5 Å². The Balaban J connectivity index is 1.49. The molecule has 0 fully saturated rings. The predicted octanol–water partition coefficient (Wildman–Crippen LogP) is 5.50. The highest BCUT2D eigenvalue weighted by atomic mass is 35.5. The Kier molecular flexibility index (Phi) is 5.84. The van der Waals surface area contributed by atoms with Crippen molar-refractivity contribution in [3.63, 3.8) is 0 Å². The monoisotopic (exact) mass is 543 g/mol. The maximum absolute atomic E-state index is 13.6. The van der Waals surface area contributed by atoms with Crippen molar-refractivity contribution in [1.29, 1.82) is 0 Å². The molecule has 11 heteroatoms. The van der Waals surface area contributed by atoms with Gasteiger partial charge in [-0.05, 0) is 68.8 Å². The number of nitrogens with one attached hydrogen (secondary N) is 1. The molecular weight excluding hydrogens is 522 g/mol. The second kappa shape index (κ2) is 9.25. The second-order valence-corrected chi connectivity index (χ2v) is 9.76. The Hall–Kier alpha value is -4.70. The number of hydrogen-bond acceptors (Lipinski definition) is 8. The summed E-state index contributed by atoms with van der Waals surface area (Å²) in [6.45, 7) is 5.50. The summed E-state index contributed by atoms with van der Waals surface area (Å²) in [6.07, 6.45) is 1.32. The van der Waals surface area contributed by atoms with Crippen LogP contribution in [0.1, 0.15) is 29.7 Å². The number of aryl methyl sites for hydroxylation is 2. The Bertz CT molecular complexity index is 2020. The zero-order valence-electron chi connectivity index (χ0n) is 21.4. The molecule has 1 N–H and O–H groups in total. The summed E-state index contributed by atoms with van der Waals surface area (Å²) in [4.78, 5) is 31.8. The standard InChI is InChI=1S/C28H22ClN5O5/c1-13-9-18(15(3)37-21-7-8-22(29)30-23(21)27-31-28(36)39-33-27)26-19(10-13)24(35)14(2)25(38-26)16-5-6-20-17(11-16)12-34(4)32-20/h5-12,15H,1-4H3,(H,31,33,36)/t15-/m1/s1. The first kappa shape index (κ1) is 24.6. The van der Waals surface area contributed by atoms with Gasteiger partial charge in [0.05, 0.1) is 10.9 Å². The molecule has 196 valence electrons. The van der Waals surface area contributed by atoms with Crippen LogP contribution in [0.4, 0.5) is 0 Å². The van der Waals surface area contributed by atoms with Gasteiger partial charge in [-0.3, -0.25) is 19.0 Å². The molecule has 4 aromatic heterocycles. The lowest BCUT2D eigenvalue weighted by Gasteiger charge is -2.19. The van der Waals surface area contributed by atoms with Crippen LogP contribution >= 0.6 is 11.6 Å². The zero-order chi connectivity index (χ0) is 27.4. The van der Waals surface area contributed by atoms with Crippen LogP contribution < -0.4 is 15.9 Å². The van der Waals surface area contributed by atoms with E-state index in [9.17, 15) is 9.59 Å². The molecule has 0 aliphatic carbocycles. The number of halogens is 1. The van der Waals surface area contributed by atoms with Crippen LogP contribution in [-0.2, 0) is 7.05 Å². The van der Waals surface area contributed by atoms with Crippen molar-refractivity contribution < 1.29 is 13.7 Å². The van der Waals surface area contributed by atoms with Crippen LogP contribution in [0, 0.1) is 13.8 Å². The molecule has 0 radical (unpaired) electrons. The van der Waals surface area contributed by atoms with E-state index >= 15 is 0 Å². The molecule has 6 rings (SSSR count). The van der Waals surface area contributed by atoms with E-state index in [1.807, 2.05) is 57.4 Å². The van der Waals surface area contributed by atoms with Crippen LogP contribution in [-0.4, -0.2) is 24.9 Å². The predicted molar refractivity (Wildman–Crippen MR) is 146 cm³/mol. The lowest BCUT2D eigenvalue weighted by molar-refractivity contribution is 0.227. The van der Waals surface area contributed by atoms with Crippen LogP contribution in [0.3, 0.4) is 0 Å². The van der Waals surface area contributed by atoms with Gasteiger partial charge in [0.15, 0.2) is 11.1 Å². The van der Waals surface area contributed by atoms with Gasteiger partial charge in [-0.1, -0.05) is 16.8 Å². The lowest BCUT2D eigenvalue weighted by Crippen LogP contribution is -2.12. The molecule has 0 saturated carbocycles. The summed E-state index contributed by atoms with van der Waals surface area (Å²) in [5.41, 5.74) is 4.18. The van der Waals surface area contributed by atoms with Gasteiger partial charge in [0.2, 0.25) is 5.82 Å². The van der Waals surface area contributed by atoms with Gasteiger partial charge >= 0.3 is 5.76 Å². The molecule has 0 saturated heterocycles. The number of aromatic amines is 1. The van der Waals surface area contributed by atoms with Crippen molar-refractivity contribution in [1.82, 2.24) is 24.9 Å². The average molecular weight is 544 g/mol. The summed E-state index contributed by atoms with van der Waals surface area (Å²) >= 11 is 6.10. The molecule has 2 aromatic carbocycles. The molecule has 4 heterocycles.